The third-order valence-electron chi connectivity index (χ3n) is 2.93. The molecule has 3 nitrogen and oxygen atoms in total. The van der Waals surface area contributed by atoms with E-state index in [1.54, 1.807) is 24.3 Å². The normalized spacial score (nSPS) is 15.9. The van der Waals surface area contributed by atoms with Gasteiger partial charge >= 0.3 is 5.97 Å². The summed E-state index contributed by atoms with van der Waals surface area (Å²) in [5.74, 6) is -0.339. The molecular formula is C16H8BrCl2NO2. The number of carbonyl (C=O) groups is 1. The van der Waals surface area contributed by atoms with Crippen LogP contribution in [0.15, 0.2) is 57.6 Å². The van der Waals surface area contributed by atoms with Gasteiger partial charge in [0, 0.05) is 9.50 Å². The topological polar surface area (TPSA) is 38.7 Å². The highest BCUT2D eigenvalue weighted by Crippen LogP contribution is 2.26. The molecule has 0 bridgehead atoms. The van der Waals surface area contributed by atoms with Crippen LogP contribution >= 0.6 is 39.1 Å². The van der Waals surface area contributed by atoms with Crippen molar-refractivity contribution in [3.63, 3.8) is 0 Å². The number of halogens is 3. The van der Waals surface area contributed by atoms with E-state index in [2.05, 4.69) is 20.9 Å². The summed E-state index contributed by atoms with van der Waals surface area (Å²) in [6, 6.07) is 12.4. The Labute approximate surface area is 145 Å². The standard InChI is InChI=1S/C16H8BrCl2NO2/c17-10-3-1-2-9(6-10)7-14-16(21)22-15(20-14)12-5-4-11(18)8-13(12)19/h1-8H/b14-7-. The van der Waals surface area contributed by atoms with Crippen LogP contribution in [0.25, 0.3) is 6.08 Å². The lowest BCUT2D eigenvalue weighted by Crippen LogP contribution is -2.05. The van der Waals surface area contributed by atoms with Crippen molar-refractivity contribution in [2.75, 3.05) is 0 Å². The van der Waals surface area contributed by atoms with Gasteiger partial charge in [-0.2, -0.15) is 0 Å². The number of rotatable bonds is 2. The second-order valence-electron chi connectivity index (χ2n) is 4.52. The Kier molecular flexibility index (Phi) is 4.34. The quantitative estimate of drug-likeness (QED) is 0.523. The summed E-state index contributed by atoms with van der Waals surface area (Å²) in [7, 11) is 0. The Balaban J connectivity index is 1.98. The molecule has 110 valence electrons. The van der Waals surface area contributed by atoms with E-state index in [9.17, 15) is 4.79 Å². The van der Waals surface area contributed by atoms with E-state index in [4.69, 9.17) is 27.9 Å². The number of benzene rings is 2. The maximum atomic E-state index is 11.9. The molecule has 0 N–H and O–H groups in total. The zero-order valence-corrected chi connectivity index (χ0v) is 14.1. The van der Waals surface area contributed by atoms with Crippen molar-refractivity contribution in [3.05, 3.63) is 73.8 Å². The molecule has 2 aromatic rings. The molecule has 1 heterocycles. The number of nitrogens with zero attached hydrogens (tertiary/aromatic N) is 1. The number of cyclic esters (lactones) is 1. The Hall–Kier alpha value is -1.62. The van der Waals surface area contributed by atoms with Crippen LogP contribution < -0.4 is 0 Å². The maximum absolute atomic E-state index is 11.9. The Morgan fingerprint density at radius 2 is 1.95 bits per heavy atom. The van der Waals surface area contributed by atoms with Crippen molar-refractivity contribution in [1.29, 1.82) is 0 Å². The SMILES string of the molecule is O=C1OC(c2ccc(Cl)cc2Cl)=N/C1=C\c1cccc(Br)c1. The molecule has 0 radical (unpaired) electrons. The third kappa shape index (κ3) is 3.24. The monoisotopic (exact) mass is 395 g/mol. The second kappa shape index (κ2) is 6.24. The van der Waals surface area contributed by atoms with Crippen molar-refractivity contribution < 1.29 is 9.53 Å². The van der Waals surface area contributed by atoms with E-state index < -0.39 is 5.97 Å². The molecule has 0 atom stereocenters. The van der Waals surface area contributed by atoms with Crippen LogP contribution in [0.4, 0.5) is 0 Å². The van der Waals surface area contributed by atoms with E-state index in [-0.39, 0.29) is 11.6 Å². The molecule has 0 saturated heterocycles. The van der Waals surface area contributed by atoms with Crippen molar-refractivity contribution in [3.8, 4) is 0 Å². The van der Waals surface area contributed by atoms with Gasteiger partial charge < -0.3 is 4.74 Å². The zero-order chi connectivity index (χ0) is 15.7. The average molecular weight is 397 g/mol. The minimum absolute atomic E-state index is 0.174. The number of hydrogen-bond acceptors (Lipinski definition) is 3. The highest BCUT2D eigenvalue weighted by atomic mass is 79.9. The van der Waals surface area contributed by atoms with Gasteiger partial charge in [-0.15, -0.1) is 0 Å². The lowest BCUT2D eigenvalue weighted by atomic mass is 10.2. The number of ether oxygens (including phenoxy) is 1. The molecular weight excluding hydrogens is 389 g/mol. The predicted octanol–water partition coefficient (Wildman–Crippen LogP) is 5.10. The fourth-order valence-electron chi connectivity index (χ4n) is 1.94. The fraction of sp³-hybridized carbons (Fsp3) is 0. The molecule has 2 aromatic carbocycles. The average Bonchev–Trinajstić information content (AvgIpc) is 2.80. The molecule has 0 amide bonds. The molecule has 0 fully saturated rings. The number of esters is 1. The van der Waals surface area contributed by atoms with E-state index in [1.807, 2.05) is 24.3 Å². The highest BCUT2D eigenvalue weighted by Gasteiger charge is 2.25. The van der Waals surface area contributed by atoms with Crippen LogP contribution in [-0.4, -0.2) is 11.9 Å². The number of carbonyl (C=O) groups excluding carboxylic acids is 1. The summed E-state index contributed by atoms with van der Waals surface area (Å²) in [5, 5.41) is 0.881. The lowest BCUT2D eigenvalue weighted by molar-refractivity contribution is -0.129. The van der Waals surface area contributed by atoms with Gasteiger partial charge in [0.1, 0.15) is 0 Å². The summed E-state index contributed by atoms with van der Waals surface area (Å²) >= 11 is 15.3. The van der Waals surface area contributed by atoms with Gasteiger partial charge in [-0.05, 0) is 42.0 Å². The molecule has 22 heavy (non-hydrogen) atoms. The van der Waals surface area contributed by atoms with E-state index >= 15 is 0 Å². The van der Waals surface area contributed by atoms with Gasteiger partial charge in [0.15, 0.2) is 5.70 Å². The minimum atomic E-state index is -0.513. The molecule has 6 heteroatoms. The molecule has 1 aliphatic heterocycles. The first-order valence-electron chi connectivity index (χ1n) is 6.26. The van der Waals surface area contributed by atoms with Crippen LogP contribution in [0.2, 0.25) is 10.0 Å². The lowest BCUT2D eigenvalue weighted by Gasteiger charge is -2.02. The Morgan fingerprint density at radius 1 is 1.14 bits per heavy atom. The molecule has 0 unspecified atom stereocenters. The first-order chi connectivity index (χ1) is 10.5. The summed E-state index contributed by atoms with van der Waals surface area (Å²) < 4.78 is 6.10. The number of aliphatic imine (C=N–C) groups is 1. The summed E-state index contributed by atoms with van der Waals surface area (Å²) in [5.41, 5.74) is 1.59. The van der Waals surface area contributed by atoms with Gasteiger partial charge in [0.2, 0.25) is 5.90 Å². The summed E-state index contributed by atoms with van der Waals surface area (Å²) in [6.45, 7) is 0. The number of hydrogen-bond donors (Lipinski definition) is 0. The van der Waals surface area contributed by atoms with Gasteiger partial charge in [0.25, 0.3) is 0 Å². The molecule has 0 saturated carbocycles. The predicted molar refractivity (Wildman–Crippen MR) is 91.2 cm³/mol. The Bertz CT molecular complexity index is 831. The van der Waals surface area contributed by atoms with Crippen LogP contribution in [-0.2, 0) is 9.53 Å². The summed E-state index contributed by atoms with van der Waals surface area (Å²) in [4.78, 5) is 16.2. The van der Waals surface area contributed by atoms with E-state index in [0.29, 0.717) is 15.6 Å². The molecule has 0 spiro atoms. The van der Waals surface area contributed by atoms with Crippen molar-refractivity contribution in [2.45, 2.75) is 0 Å². The van der Waals surface area contributed by atoms with Crippen molar-refractivity contribution in [1.82, 2.24) is 0 Å². The molecule has 0 aromatic heterocycles. The Morgan fingerprint density at radius 3 is 2.68 bits per heavy atom. The zero-order valence-electron chi connectivity index (χ0n) is 11.0. The van der Waals surface area contributed by atoms with Crippen LogP contribution in [0.1, 0.15) is 11.1 Å². The van der Waals surface area contributed by atoms with Crippen LogP contribution in [0.3, 0.4) is 0 Å². The van der Waals surface area contributed by atoms with Gasteiger partial charge in [-0.1, -0.05) is 51.3 Å². The maximum Gasteiger partial charge on any atom is 0.363 e. The fourth-order valence-corrected chi connectivity index (χ4v) is 2.85. The third-order valence-corrected chi connectivity index (χ3v) is 3.98. The van der Waals surface area contributed by atoms with Gasteiger partial charge in [0.05, 0.1) is 10.6 Å². The second-order valence-corrected chi connectivity index (χ2v) is 6.27. The first-order valence-corrected chi connectivity index (χ1v) is 7.81. The van der Waals surface area contributed by atoms with Crippen LogP contribution in [0, 0.1) is 0 Å². The van der Waals surface area contributed by atoms with Gasteiger partial charge in [-0.3, -0.25) is 0 Å². The summed E-state index contributed by atoms with van der Waals surface area (Å²) in [6.07, 6.45) is 1.66. The molecule has 3 rings (SSSR count). The van der Waals surface area contributed by atoms with Crippen LogP contribution in [0.5, 0.6) is 0 Å². The minimum Gasteiger partial charge on any atom is -0.402 e. The molecule has 0 aliphatic carbocycles. The van der Waals surface area contributed by atoms with E-state index in [1.165, 1.54) is 0 Å². The molecule has 1 aliphatic rings. The van der Waals surface area contributed by atoms with E-state index in [0.717, 1.165) is 10.0 Å². The van der Waals surface area contributed by atoms with Crippen molar-refractivity contribution >= 4 is 57.1 Å². The van der Waals surface area contributed by atoms with Crippen molar-refractivity contribution in [2.24, 2.45) is 4.99 Å². The first kappa shape index (κ1) is 15.3. The van der Waals surface area contributed by atoms with Gasteiger partial charge in [-0.25, -0.2) is 9.79 Å². The largest absolute Gasteiger partial charge is 0.402 e. The smallest absolute Gasteiger partial charge is 0.363 e. The highest BCUT2D eigenvalue weighted by molar-refractivity contribution is 9.10.